The van der Waals surface area contributed by atoms with Gasteiger partial charge in [-0.05, 0) is 43.2 Å². The van der Waals surface area contributed by atoms with Crippen molar-refractivity contribution >= 4 is 17.2 Å². The van der Waals surface area contributed by atoms with Gasteiger partial charge in [0.1, 0.15) is 0 Å². The third-order valence-electron chi connectivity index (χ3n) is 5.07. The number of hydrogen-bond donors (Lipinski definition) is 0. The van der Waals surface area contributed by atoms with Crippen LogP contribution in [0.15, 0.2) is 36.7 Å². The maximum atomic E-state index is 12.7. The van der Waals surface area contributed by atoms with Gasteiger partial charge in [-0.1, -0.05) is 0 Å². The average Bonchev–Trinajstić information content (AvgIpc) is 3.30. The molecule has 0 aromatic carbocycles. The molecule has 0 bridgehead atoms. The molecule has 1 saturated heterocycles. The minimum Gasteiger partial charge on any atom is -0.340 e. The number of piperazine rings is 1. The molecule has 0 radical (unpaired) electrons. The fourth-order valence-electron chi connectivity index (χ4n) is 3.54. The van der Waals surface area contributed by atoms with Gasteiger partial charge in [-0.15, -0.1) is 11.3 Å². The molecular weight excluding hydrogens is 318 g/mol. The first-order valence-corrected chi connectivity index (χ1v) is 9.49. The van der Waals surface area contributed by atoms with Crippen LogP contribution in [0.1, 0.15) is 27.7 Å². The molecule has 0 spiro atoms. The second-order valence-electron chi connectivity index (χ2n) is 6.85. The fraction of sp³-hybridized carbons (Fsp3) is 0.474. The highest BCUT2D eigenvalue weighted by Gasteiger charge is 2.46. The molecule has 4 nitrogen and oxygen atoms in total. The Bertz CT molecular complexity index is 706. The molecule has 2 fully saturated rings. The van der Waals surface area contributed by atoms with E-state index in [1.807, 2.05) is 23.7 Å². The number of carbonyl (C=O) groups excluding carboxylic acids is 1. The summed E-state index contributed by atoms with van der Waals surface area (Å²) in [7, 11) is 0. The monoisotopic (exact) mass is 341 g/mol. The minimum atomic E-state index is 0.231. The molecule has 1 amide bonds. The van der Waals surface area contributed by atoms with Crippen molar-refractivity contribution in [3.05, 3.63) is 52.0 Å². The maximum Gasteiger partial charge on any atom is 0.226 e. The van der Waals surface area contributed by atoms with Gasteiger partial charge in [-0.2, -0.15) is 0 Å². The van der Waals surface area contributed by atoms with Gasteiger partial charge in [0.15, 0.2) is 0 Å². The molecule has 0 N–H and O–H groups in total. The van der Waals surface area contributed by atoms with Gasteiger partial charge in [-0.3, -0.25) is 14.7 Å². The van der Waals surface area contributed by atoms with Gasteiger partial charge in [0.25, 0.3) is 0 Å². The minimum absolute atomic E-state index is 0.231. The highest BCUT2D eigenvalue weighted by Crippen LogP contribution is 2.50. The Morgan fingerprint density at radius 3 is 2.58 bits per heavy atom. The van der Waals surface area contributed by atoms with Crippen molar-refractivity contribution in [2.45, 2.75) is 25.8 Å². The Labute approximate surface area is 147 Å². The molecule has 24 heavy (non-hydrogen) atoms. The second-order valence-corrected chi connectivity index (χ2v) is 8.17. The van der Waals surface area contributed by atoms with E-state index in [0.717, 1.165) is 39.1 Å². The molecule has 0 unspecified atom stereocenters. The number of pyridine rings is 1. The molecule has 1 aliphatic carbocycles. The van der Waals surface area contributed by atoms with Crippen molar-refractivity contribution < 1.29 is 4.79 Å². The first-order valence-electron chi connectivity index (χ1n) is 8.67. The van der Waals surface area contributed by atoms with E-state index in [0.29, 0.717) is 11.8 Å². The molecule has 126 valence electrons. The van der Waals surface area contributed by atoms with Crippen LogP contribution in [0, 0.1) is 12.8 Å². The van der Waals surface area contributed by atoms with Crippen LogP contribution in [-0.4, -0.2) is 46.9 Å². The summed E-state index contributed by atoms with van der Waals surface area (Å²) in [5.41, 5.74) is 1.29. The third kappa shape index (κ3) is 3.37. The lowest BCUT2D eigenvalue weighted by Gasteiger charge is -2.35. The normalized spacial score (nSPS) is 24.1. The summed E-state index contributed by atoms with van der Waals surface area (Å²) in [6, 6.07) is 8.49. The zero-order valence-corrected chi connectivity index (χ0v) is 14.8. The number of thiophene rings is 1. The van der Waals surface area contributed by atoms with Crippen molar-refractivity contribution in [1.82, 2.24) is 14.8 Å². The number of carbonyl (C=O) groups is 1. The molecule has 2 aromatic rings. The standard InChI is InChI=1S/C19H23N3OS/c1-14-2-3-18(24-14)16-12-17(16)19(23)22-10-8-21(9-11-22)13-15-4-6-20-7-5-15/h2-7,16-17H,8-13H2,1H3/t16-,17+/m0/s1. The van der Waals surface area contributed by atoms with Crippen LogP contribution in [0.25, 0.3) is 0 Å². The number of aryl methyl sites for hydroxylation is 1. The Morgan fingerprint density at radius 2 is 1.92 bits per heavy atom. The van der Waals surface area contributed by atoms with Crippen LogP contribution in [0.4, 0.5) is 0 Å². The molecule has 2 aromatic heterocycles. The maximum absolute atomic E-state index is 12.7. The van der Waals surface area contributed by atoms with Gasteiger partial charge < -0.3 is 4.90 Å². The van der Waals surface area contributed by atoms with Crippen molar-refractivity contribution in [1.29, 1.82) is 0 Å². The van der Waals surface area contributed by atoms with Crippen LogP contribution in [0.2, 0.25) is 0 Å². The van der Waals surface area contributed by atoms with Gasteiger partial charge in [0.2, 0.25) is 5.91 Å². The van der Waals surface area contributed by atoms with E-state index in [2.05, 4.69) is 46.0 Å². The molecule has 2 aliphatic rings. The number of hydrogen-bond acceptors (Lipinski definition) is 4. The van der Waals surface area contributed by atoms with E-state index in [9.17, 15) is 4.79 Å². The molecule has 4 rings (SSSR count). The quantitative estimate of drug-likeness (QED) is 0.858. The van der Waals surface area contributed by atoms with Crippen molar-refractivity contribution in [3.8, 4) is 0 Å². The first-order chi connectivity index (χ1) is 11.7. The lowest BCUT2D eigenvalue weighted by molar-refractivity contribution is -0.134. The van der Waals surface area contributed by atoms with Crippen molar-refractivity contribution in [2.75, 3.05) is 26.2 Å². The van der Waals surface area contributed by atoms with Crippen molar-refractivity contribution in [3.63, 3.8) is 0 Å². The fourth-order valence-corrected chi connectivity index (χ4v) is 4.60. The predicted octanol–water partition coefficient (Wildman–Crippen LogP) is 2.90. The molecule has 5 heteroatoms. The topological polar surface area (TPSA) is 36.4 Å². The van der Waals surface area contributed by atoms with Gasteiger partial charge in [0, 0.05) is 66.7 Å². The van der Waals surface area contributed by atoms with Crippen LogP contribution in [0.5, 0.6) is 0 Å². The lowest BCUT2D eigenvalue weighted by atomic mass is 10.2. The van der Waals surface area contributed by atoms with Crippen LogP contribution in [0.3, 0.4) is 0 Å². The van der Waals surface area contributed by atoms with Crippen LogP contribution < -0.4 is 0 Å². The molecule has 1 saturated carbocycles. The van der Waals surface area contributed by atoms with E-state index in [1.165, 1.54) is 15.3 Å². The Kier molecular flexibility index (Phi) is 4.37. The largest absolute Gasteiger partial charge is 0.340 e. The first kappa shape index (κ1) is 15.8. The van der Waals surface area contributed by atoms with E-state index < -0.39 is 0 Å². The summed E-state index contributed by atoms with van der Waals surface area (Å²) < 4.78 is 0. The van der Waals surface area contributed by atoms with Crippen LogP contribution >= 0.6 is 11.3 Å². The van der Waals surface area contributed by atoms with Crippen LogP contribution in [-0.2, 0) is 11.3 Å². The number of rotatable bonds is 4. The second kappa shape index (κ2) is 6.65. The van der Waals surface area contributed by atoms with Crippen molar-refractivity contribution in [2.24, 2.45) is 5.92 Å². The number of amides is 1. The zero-order valence-electron chi connectivity index (χ0n) is 14.0. The summed E-state index contributed by atoms with van der Waals surface area (Å²) in [4.78, 5) is 24.0. The summed E-state index contributed by atoms with van der Waals surface area (Å²) in [6.07, 6.45) is 4.72. The number of aromatic nitrogens is 1. The summed E-state index contributed by atoms with van der Waals surface area (Å²) in [5.74, 6) is 1.08. The summed E-state index contributed by atoms with van der Waals surface area (Å²) >= 11 is 1.84. The van der Waals surface area contributed by atoms with E-state index in [-0.39, 0.29) is 5.92 Å². The smallest absolute Gasteiger partial charge is 0.226 e. The summed E-state index contributed by atoms with van der Waals surface area (Å²) in [6.45, 7) is 6.72. The van der Waals surface area contributed by atoms with E-state index in [4.69, 9.17) is 0 Å². The van der Waals surface area contributed by atoms with E-state index >= 15 is 0 Å². The Morgan fingerprint density at radius 1 is 1.17 bits per heavy atom. The molecular formula is C19H23N3OS. The molecule has 3 heterocycles. The van der Waals surface area contributed by atoms with Gasteiger partial charge in [0.05, 0.1) is 0 Å². The predicted molar refractivity (Wildman–Crippen MR) is 96.0 cm³/mol. The highest BCUT2D eigenvalue weighted by atomic mass is 32.1. The van der Waals surface area contributed by atoms with E-state index in [1.54, 1.807) is 0 Å². The summed E-state index contributed by atoms with van der Waals surface area (Å²) in [5, 5.41) is 0. The molecule has 1 aliphatic heterocycles. The highest BCUT2D eigenvalue weighted by molar-refractivity contribution is 7.12. The average molecular weight is 341 g/mol. The number of nitrogens with zero attached hydrogens (tertiary/aromatic N) is 3. The third-order valence-corrected chi connectivity index (χ3v) is 6.21. The SMILES string of the molecule is Cc1ccc([C@H]2C[C@H]2C(=O)N2CCN(Cc3ccncc3)CC2)s1. The Balaban J connectivity index is 1.28. The molecule has 2 atom stereocenters. The Hall–Kier alpha value is -1.72. The van der Waals surface area contributed by atoms with Gasteiger partial charge >= 0.3 is 0 Å². The van der Waals surface area contributed by atoms with Gasteiger partial charge in [-0.25, -0.2) is 0 Å². The lowest BCUT2D eigenvalue weighted by Crippen LogP contribution is -2.48. The zero-order chi connectivity index (χ0) is 16.5.